The fraction of sp³-hybridized carbons (Fsp3) is 0.200. The van der Waals surface area contributed by atoms with E-state index in [4.69, 9.17) is 13.9 Å². The first-order valence-electron chi connectivity index (χ1n) is 10.7. The Morgan fingerprint density at radius 1 is 1.09 bits per heavy atom. The van der Waals surface area contributed by atoms with E-state index in [0.29, 0.717) is 11.3 Å². The summed E-state index contributed by atoms with van der Waals surface area (Å²) in [5.74, 6) is -1.24. The molecule has 1 aliphatic heterocycles. The first-order chi connectivity index (χ1) is 16.9. The van der Waals surface area contributed by atoms with Crippen LogP contribution >= 0.6 is 0 Å². The highest BCUT2D eigenvalue weighted by Crippen LogP contribution is 2.31. The lowest BCUT2D eigenvalue weighted by Gasteiger charge is -2.12. The predicted molar refractivity (Wildman–Crippen MR) is 123 cm³/mol. The third-order valence-electron chi connectivity index (χ3n) is 5.19. The third kappa shape index (κ3) is 5.01. The molecule has 10 nitrogen and oxygen atoms in total. The summed E-state index contributed by atoms with van der Waals surface area (Å²) in [6.45, 7) is 1.43. The zero-order valence-electron chi connectivity index (χ0n) is 19.0. The molecule has 0 atom stereocenters. The Morgan fingerprint density at radius 2 is 1.89 bits per heavy atom. The number of ether oxygens (including phenoxy) is 3. The van der Waals surface area contributed by atoms with Crippen molar-refractivity contribution in [1.29, 1.82) is 0 Å². The molecule has 2 heterocycles. The quantitative estimate of drug-likeness (QED) is 0.297. The Kier molecular flexibility index (Phi) is 6.81. The summed E-state index contributed by atoms with van der Waals surface area (Å²) in [6, 6.07) is 13.2. The summed E-state index contributed by atoms with van der Waals surface area (Å²) in [7, 11) is 1.22. The number of furan rings is 1. The number of hydrogen-bond donors (Lipinski definition) is 1. The summed E-state index contributed by atoms with van der Waals surface area (Å²) in [5.41, 5.74) is 0.538. The number of nitrogens with one attached hydrogen (secondary N) is 1. The van der Waals surface area contributed by atoms with Crippen LogP contribution in [0.1, 0.15) is 28.8 Å². The largest absolute Gasteiger partial charge is 0.481 e. The molecule has 1 N–H and O–H groups in total. The second-order valence-electron chi connectivity index (χ2n) is 7.43. The number of urea groups is 1. The average molecular weight is 478 g/mol. The van der Waals surface area contributed by atoms with Crippen LogP contribution in [0, 0.1) is 0 Å². The van der Waals surface area contributed by atoms with Gasteiger partial charge in [0.1, 0.15) is 17.2 Å². The zero-order chi connectivity index (χ0) is 24.9. The van der Waals surface area contributed by atoms with Crippen molar-refractivity contribution in [3.05, 3.63) is 71.3 Å². The summed E-state index contributed by atoms with van der Waals surface area (Å²) in [4.78, 5) is 49.9. The van der Waals surface area contributed by atoms with Crippen LogP contribution in [0.3, 0.4) is 0 Å². The first kappa shape index (κ1) is 23.6. The number of carbonyl (C=O) groups excluding carboxylic acids is 4. The standard InChI is InChI=1S/C25H22N2O8/c1-3-33-22(28)14-34-20-10-8-15-6-4-5-7-17(15)18(20)12-19-23(29)27(25(31)26-19)13-16-9-11-21(35-16)24(30)32-2/h4-12H,3,13-14H2,1-2H3,(H,26,31)/b19-12-. The van der Waals surface area contributed by atoms with Gasteiger partial charge in [-0.1, -0.05) is 30.3 Å². The van der Waals surface area contributed by atoms with Crippen LogP contribution in [0.5, 0.6) is 5.75 Å². The Balaban J connectivity index is 1.63. The maximum absolute atomic E-state index is 13.0. The van der Waals surface area contributed by atoms with Gasteiger partial charge in [0.2, 0.25) is 5.76 Å². The topological polar surface area (TPSA) is 124 Å². The van der Waals surface area contributed by atoms with Gasteiger partial charge in [0.25, 0.3) is 5.91 Å². The molecule has 180 valence electrons. The van der Waals surface area contributed by atoms with Crippen LogP contribution in [0.25, 0.3) is 16.8 Å². The van der Waals surface area contributed by atoms with Gasteiger partial charge in [-0.15, -0.1) is 0 Å². The van der Waals surface area contributed by atoms with Crippen LogP contribution in [0.2, 0.25) is 0 Å². The van der Waals surface area contributed by atoms with Crippen molar-refractivity contribution in [1.82, 2.24) is 10.2 Å². The molecule has 0 aliphatic carbocycles. The molecule has 0 unspecified atom stereocenters. The normalized spacial score (nSPS) is 14.3. The second kappa shape index (κ2) is 10.1. The molecule has 10 heteroatoms. The minimum Gasteiger partial charge on any atom is -0.481 e. The van der Waals surface area contributed by atoms with Crippen molar-refractivity contribution < 1.29 is 37.8 Å². The van der Waals surface area contributed by atoms with Gasteiger partial charge < -0.3 is 23.9 Å². The summed E-state index contributed by atoms with van der Waals surface area (Å²) < 4.78 is 20.6. The molecule has 1 fully saturated rings. The van der Waals surface area contributed by atoms with Gasteiger partial charge in [0, 0.05) is 5.56 Å². The van der Waals surface area contributed by atoms with E-state index in [2.05, 4.69) is 10.1 Å². The number of rotatable bonds is 8. The molecule has 0 saturated carbocycles. The van der Waals surface area contributed by atoms with Gasteiger partial charge in [-0.3, -0.25) is 9.69 Å². The number of nitrogens with zero attached hydrogens (tertiary/aromatic N) is 1. The molecular weight excluding hydrogens is 456 g/mol. The Labute approximate surface area is 200 Å². The van der Waals surface area contributed by atoms with Gasteiger partial charge >= 0.3 is 18.0 Å². The van der Waals surface area contributed by atoms with E-state index >= 15 is 0 Å². The predicted octanol–water partition coefficient (Wildman–Crippen LogP) is 3.25. The molecule has 35 heavy (non-hydrogen) atoms. The molecule has 0 spiro atoms. The smallest absolute Gasteiger partial charge is 0.373 e. The summed E-state index contributed by atoms with van der Waals surface area (Å²) in [5, 5.41) is 4.20. The van der Waals surface area contributed by atoms with E-state index in [-0.39, 0.29) is 37.0 Å². The number of imide groups is 1. The third-order valence-corrected chi connectivity index (χ3v) is 5.19. The second-order valence-corrected chi connectivity index (χ2v) is 7.43. The number of methoxy groups -OCH3 is 1. The van der Waals surface area contributed by atoms with E-state index < -0.39 is 23.9 Å². The molecular formula is C25H22N2O8. The number of amides is 3. The minimum atomic E-state index is -0.666. The number of hydrogen-bond acceptors (Lipinski definition) is 8. The molecule has 2 aromatic carbocycles. The highest BCUT2D eigenvalue weighted by molar-refractivity contribution is 6.14. The lowest BCUT2D eigenvalue weighted by atomic mass is 10.0. The SMILES string of the molecule is CCOC(=O)COc1ccc2ccccc2c1/C=C1\NC(=O)N(Cc2ccc(C(=O)OC)o2)C1=O. The Morgan fingerprint density at radius 3 is 2.66 bits per heavy atom. The van der Waals surface area contributed by atoms with Crippen molar-refractivity contribution in [3.8, 4) is 5.75 Å². The lowest BCUT2D eigenvalue weighted by Crippen LogP contribution is -2.30. The van der Waals surface area contributed by atoms with Gasteiger partial charge in [0.05, 0.1) is 20.3 Å². The van der Waals surface area contributed by atoms with Crippen molar-refractivity contribution in [2.75, 3.05) is 20.3 Å². The molecule has 1 aromatic heterocycles. The van der Waals surface area contributed by atoms with E-state index in [9.17, 15) is 19.2 Å². The van der Waals surface area contributed by atoms with Crippen LogP contribution in [-0.2, 0) is 25.6 Å². The van der Waals surface area contributed by atoms with Crippen LogP contribution in [0.4, 0.5) is 4.79 Å². The summed E-state index contributed by atoms with van der Waals surface area (Å²) >= 11 is 0. The van der Waals surface area contributed by atoms with E-state index in [1.165, 1.54) is 25.3 Å². The number of benzene rings is 2. The lowest BCUT2D eigenvalue weighted by molar-refractivity contribution is -0.145. The highest BCUT2D eigenvalue weighted by Gasteiger charge is 2.34. The minimum absolute atomic E-state index is 0.0204. The maximum atomic E-state index is 13.0. The average Bonchev–Trinajstić information content (AvgIpc) is 3.43. The number of fused-ring (bicyclic) bond motifs is 1. The van der Waals surface area contributed by atoms with Crippen molar-refractivity contribution in [2.24, 2.45) is 0 Å². The van der Waals surface area contributed by atoms with E-state index in [1.54, 1.807) is 13.0 Å². The fourth-order valence-corrected chi connectivity index (χ4v) is 3.58. The highest BCUT2D eigenvalue weighted by atomic mass is 16.6. The fourth-order valence-electron chi connectivity index (χ4n) is 3.58. The van der Waals surface area contributed by atoms with Gasteiger partial charge in [0.15, 0.2) is 6.61 Å². The van der Waals surface area contributed by atoms with Crippen LogP contribution < -0.4 is 10.1 Å². The molecule has 3 amide bonds. The zero-order valence-corrected chi connectivity index (χ0v) is 19.0. The summed E-state index contributed by atoms with van der Waals surface area (Å²) in [6.07, 6.45) is 1.51. The monoisotopic (exact) mass is 478 g/mol. The molecule has 0 bridgehead atoms. The van der Waals surface area contributed by atoms with Crippen molar-refractivity contribution >= 4 is 40.7 Å². The molecule has 4 rings (SSSR count). The van der Waals surface area contributed by atoms with Crippen LogP contribution in [0.15, 0.2) is 58.6 Å². The van der Waals surface area contributed by atoms with Crippen LogP contribution in [-0.4, -0.2) is 49.1 Å². The molecule has 3 aromatic rings. The van der Waals surface area contributed by atoms with E-state index in [1.807, 2.05) is 30.3 Å². The van der Waals surface area contributed by atoms with Gasteiger partial charge in [-0.2, -0.15) is 0 Å². The molecule has 0 radical (unpaired) electrons. The van der Waals surface area contributed by atoms with Crippen molar-refractivity contribution in [2.45, 2.75) is 13.5 Å². The van der Waals surface area contributed by atoms with Crippen molar-refractivity contribution in [3.63, 3.8) is 0 Å². The number of esters is 2. The molecule has 1 saturated heterocycles. The first-order valence-corrected chi connectivity index (χ1v) is 10.7. The van der Waals surface area contributed by atoms with Gasteiger partial charge in [-0.05, 0) is 42.0 Å². The van der Waals surface area contributed by atoms with E-state index in [0.717, 1.165) is 15.7 Å². The van der Waals surface area contributed by atoms with Gasteiger partial charge in [-0.25, -0.2) is 14.4 Å². The Hall–Kier alpha value is -4.60. The number of carbonyl (C=O) groups is 4. The Bertz CT molecular complexity index is 1340. The maximum Gasteiger partial charge on any atom is 0.373 e. The molecule has 1 aliphatic rings.